The Balaban J connectivity index is 2.17. The van der Waals surface area contributed by atoms with Gasteiger partial charge in [0.05, 0.1) is 5.75 Å². The summed E-state index contributed by atoms with van der Waals surface area (Å²) in [6, 6.07) is 10.5. The molecule has 0 saturated heterocycles. The molecule has 2 aromatic rings. The topological polar surface area (TPSA) is 46.2 Å². The molecule has 0 unspecified atom stereocenters. The number of sulfonamides is 1. The summed E-state index contributed by atoms with van der Waals surface area (Å²) in [7, 11) is -3.52. The van der Waals surface area contributed by atoms with Gasteiger partial charge < -0.3 is 0 Å². The number of rotatable bonds is 5. The molecule has 0 fully saturated rings. The first-order valence-corrected chi connectivity index (χ1v) is 9.60. The van der Waals surface area contributed by atoms with Crippen LogP contribution in [0.1, 0.15) is 35.2 Å². The number of benzene rings is 2. The first-order chi connectivity index (χ1) is 10.7. The Morgan fingerprint density at radius 3 is 2.39 bits per heavy atom. The molecule has 0 spiro atoms. The van der Waals surface area contributed by atoms with Gasteiger partial charge in [-0.15, -0.1) is 0 Å². The van der Waals surface area contributed by atoms with E-state index >= 15 is 0 Å². The van der Waals surface area contributed by atoms with Crippen LogP contribution in [0.5, 0.6) is 0 Å². The third kappa shape index (κ3) is 4.95. The van der Waals surface area contributed by atoms with Gasteiger partial charge in [-0.05, 0) is 49.6 Å². The second kappa shape index (κ2) is 7.22. The Hall–Kier alpha value is -1.07. The van der Waals surface area contributed by atoms with E-state index < -0.39 is 10.0 Å². The highest BCUT2D eigenvalue weighted by molar-refractivity contribution is 7.88. The monoisotopic (exact) mass is 371 g/mol. The van der Waals surface area contributed by atoms with E-state index in [1.165, 1.54) is 0 Å². The Morgan fingerprint density at radius 1 is 1.09 bits per heavy atom. The maximum absolute atomic E-state index is 12.4. The van der Waals surface area contributed by atoms with Crippen LogP contribution in [0.3, 0.4) is 0 Å². The summed E-state index contributed by atoms with van der Waals surface area (Å²) in [4.78, 5) is 0. The van der Waals surface area contributed by atoms with Crippen molar-refractivity contribution in [2.45, 2.75) is 32.6 Å². The van der Waals surface area contributed by atoms with Gasteiger partial charge in [-0.3, -0.25) is 0 Å². The van der Waals surface area contributed by atoms with E-state index in [-0.39, 0.29) is 11.8 Å². The maximum atomic E-state index is 12.4. The van der Waals surface area contributed by atoms with Crippen molar-refractivity contribution >= 4 is 33.2 Å². The van der Waals surface area contributed by atoms with Crippen molar-refractivity contribution < 1.29 is 8.42 Å². The number of halogens is 2. The molecule has 0 aliphatic rings. The summed E-state index contributed by atoms with van der Waals surface area (Å²) in [5, 5.41) is 0.829. The minimum atomic E-state index is -3.52. The Morgan fingerprint density at radius 2 is 1.78 bits per heavy atom. The summed E-state index contributed by atoms with van der Waals surface area (Å²) < 4.78 is 27.5. The Bertz CT molecular complexity index is 819. The fraction of sp³-hybridized carbons (Fsp3) is 0.294. The Kier molecular flexibility index (Phi) is 5.74. The molecule has 0 bridgehead atoms. The number of hydrogen-bond donors (Lipinski definition) is 1. The zero-order valence-corrected chi connectivity index (χ0v) is 15.6. The van der Waals surface area contributed by atoms with E-state index in [4.69, 9.17) is 23.2 Å². The minimum Gasteiger partial charge on any atom is -0.212 e. The lowest BCUT2D eigenvalue weighted by atomic mass is 10.0. The second-order valence-corrected chi connectivity index (χ2v) is 8.29. The van der Waals surface area contributed by atoms with Gasteiger partial charge in [-0.1, -0.05) is 53.0 Å². The molecule has 0 amide bonds. The number of hydrogen-bond acceptors (Lipinski definition) is 2. The molecule has 3 nitrogen and oxygen atoms in total. The molecule has 124 valence electrons. The van der Waals surface area contributed by atoms with Gasteiger partial charge in [0, 0.05) is 16.1 Å². The van der Waals surface area contributed by atoms with Crippen molar-refractivity contribution in [1.82, 2.24) is 4.72 Å². The number of nitrogens with one attached hydrogen (secondary N) is 1. The fourth-order valence-electron chi connectivity index (χ4n) is 2.53. The summed E-state index contributed by atoms with van der Waals surface area (Å²) >= 11 is 11.9. The molecule has 2 rings (SSSR count). The summed E-state index contributed by atoms with van der Waals surface area (Å²) in [5.74, 6) is -0.182. The van der Waals surface area contributed by atoms with Gasteiger partial charge in [0.25, 0.3) is 0 Å². The van der Waals surface area contributed by atoms with Crippen molar-refractivity contribution in [2.24, 2.45) is 0 Å². The minimum absolute atomic E-state index is 0.182. The quantitative estimate of drug-likeness (QED) is 0.820. The van der Waals surface area contributed by atoms with E-state index in [2.05, 4.69) is 4.72 Å². The van der Waals surface area contributed by atoms with E-state index in [9.17, 15) is 8.42 Å². The normalized spacial score (nSPS) is 13.1. The van der Waals surface area contributed by atoms with Crippen LogP contribution in [0.15, 0.2) is 36.4 Å². The summed E-state index contributed by atoms with van der Waals surface area (Å²) in [6.45, 7) is 5.82. The van der Waals surface area contributed by atoms with Crippen LogP contribution in [0, 0.1) is 13.8 Å². The summed E-state index contributed by atoms with van der Waals surface area (Å²) in [6.07, 6.45) is 0. The molecule has 23 heavy (non-hydrogen) atoms. The van der Waals surface area contributed by atoms with Crippen LogP contribution in [-0.2, 0) is 15.8 Å². The standard InChI is InChI=1S/C17H19Cl2NO2S/c1-11-4-7-16(12(2)8-11)13(3)20-23(21,22)10-14-5-6-15(18)9-17(14)19/h4-9,13,20H,10H2,1-3H3/t13-/m0/s1. The van der Waals surface area contributed by atoms with Crippen LogP contribution < -0.4 is 4.72 Å². The van der Waals surface area contributed by atoms with Gasteiger partial charge in [-0.25, -0.2) is 13.1 Å². The third-order valence-electron chi connectivity index (χ3n) is 3.61. The first kappa shape index (κ1) is 18.3. The van der Waals surface area contributed by atoms with Crippen LogP contribution in [0.2, 0.25) is 10.0 Å². The molecule has 1 N–H and O–H groups in total. The van der Waals surface area contributed by atoms with Gasteiger partial charge in [0.2, 0.25) is 10.0 Å². The predicted octanol–water partition coefficient (Wildman–Crippen LogP) is 4.79. The molecule has 0 aliphatic carbocycles. The highest BCUT2D eigenvalue weighted by atomic mass is 35.5. The van der Waals surface area contributed by atoms with E-state index in [1.54, 1.807) is 18.2 Å². The lowest BCUT2D eigenvalue weighted by Crippen LogP contribution is -2.28. The molecule has 0 saturated carbocycles. The largest absolute Gasteiger partial charge is 0.216 e. The zero-order chi connectivity index (χ0) is 17.2. The molecule has 1 atom stereocenters. The second-order valence-electron chi connectivity index (χ2n) is 5.69. The molecule has 0 radical (unpaired) electrons. The van der Waals surface area contributed by atoms with Crippen molar-refractivity contribution in [3.63, 3.8) is 0 Å². The lowest BCUT2D eigenvalue weighted by molar-refractivity contribution is 0.565. The zero-order valence-electron chi connectivity index (χ0n) is 13.2. The van der Waals surface area contributed by atoms with Crippen LogP contribution in [0.4, 0.5) is 0 Å². The van der Waals surface area contributed by atoms with Crippen LogP contribution in [0.25, 0.3) is 0 Å². The third-order valence-corrected chi connectivity index (χ3v) is 5.60. The van der Waals surface area contributed by atoms with E-state index in [0.29, 0.717) is 15.6 Å². The van der Waals surface area contributed by atoms with Gasteiger partial charge in [-0.2, -0.15) is 0 Å². The number of aryl methyl sites for hydroxylation is 2. The van der Waals surface area contributed by atoms with E-state index in [1.807, 2.05) is 39.0 Å². The highest BCUT2D eigenvalue weighted by Crippen LogP contribution is 2.24. The van der Waals surface area contributed by atoms with E-state index in [0.717, 1.165) is 16.7 Å². The molecule has 0 aliphatic heterocycles. The SMILES string of the molecule is Cc1ccc([C@H](C)NS(=O)(=O)Cc2ccc(Cl)cc2Cl)c(C)c1. The molecule has 0 aromatic heterocycles. The van der Waals surface area contributed by atoms with Crippen molar-refractivity contribution in [1.29, 1.82) is 0 Å². The van der Waals surface area contributed by atoms with Crippen LogP contribution >= 0.6 is 23.2 Å². The molecular formula is C17H19Cl2NO2S. The van der Waals surface area contributed by atoms with Gasteiger partial charge in [0.1, 0.15) is 0 Å². The maximum Gasteiger partial charge on any atom is 0.216 e. The fourth-order valence-corrected chi connectivity index (χ4v) is 4.49. The van der Waals surface area contributed by atoms with Gasteiger partial charge >= 0.3 is 0 Å². The predicted molar refractivity (Wildman–Crippen MR) is 96.6 cm³/mol. The molecule has 0 heterocycles. The van der Waals surface area contributed by atoms with Crippen molar-refractivity contribution in [3.8, 4) is 0 Å². The average Bonchev–Trinajstić information content (AvgIpc) is 2.41. The molecular weight excluding hydrogens is 353 g/mol. The highest BCUT2D eigenvalue weighted by Gasteiger charge is 2.19. The van der Waals surface area contributed by atoms with Crippen LogP contribution in [-0.4, -0.2) is 8.42 Å². The summed E-state index contributed by atoms with van der Waals surface area (Å²) in [5.41, 5.74) is 3.69. The first-order valence-electron chi connectivity index (χ1n) is 7.19. The van der Waals surface area contributed by atoms with Crippen molar-refractivity contribution in [2.75, 3.05) is 0 Å². The van der Waals surface area contributed by atoms with Crippen molar-refractivity contribution in [3.05, 3.63) is 68.7 Å². The lowest BCUT2D eigenvalue weighted by Gasteiger charge is -2.17. The Labute approximate surface area is 147 Å². The molecule has 2 aromatic carbocycles. The average molecular weight is 372 g/mol. The molecule has 6 heteroatoms. The smallest absolute Gasteiger partial charge is 0.212 e. The van der Waals surface area contributed by atoms with Gasteiger partial charge in [0.15, 0.2) is 0 Å².